The summed E-state index contributed by atoms with van der Waals surface area (Å²) < 4.78 is 0. The highest BCUT2D eigenvalue weighted by Gasteiger charge is 2.15. The lowest BCUT2D eigenvalue weighted by atomic mass is 10.1. The Morgan fingerprint density at radius 1 is 1.21 bits per heavy atom. The van der Waals surface area contributed by atoms with Gasteiger partial charge in [0.1, 0.15) is 0 Å². The minimum absolute atomic E-state index is 0.533. The van der Waals surface area contributed by atoms with Gasteiger partial charge in [-0.1, -0.05) is 30.3 Å². The van der Waals surface area contributed by atoms with Gasteiger partial charge in [-0.15, -0.1) is 0 Å². The van der Waals surface area contributed by atoms with E-state index in [1.807, 2.05) is 0 Å². The molecule has 0 bridgehead atoms. The molecule has 1 aliphatic heterocycles. The van der Waals surface area contributed by atoms with Crippen molar-refractivity contribution in [1.82, 2.24) is 10.2 Å². The van der Waals surface area contributed by atoms with Crippen LogP contribution in [0.2, 0.25) is 0 Å². The Balaban J connectivity index is 1.64. The summed E-state index contributed by atoms with van der Waals surface area (Å²) in [5.41, 5.74) is 1.20. The Morgan fingerprint density at radius 3 is 2.89 bits per heavy atom. The van der Waals surface area contributed by atoms with Gasteiger partial charge in [0.15, 0.2) is 0 Å². The lowest BCUT2D eigenvalue weighted by Crippen LogP contribution is -2.51. The number of hydrogen-bond acceptors (Lipinski definition) is 3. The summed E-state index contributed by atoms with van der Waals surface area (Å²) in [6, 6.07) is 15.6. The monoisotopic (exact) mass is 255 g/mol. The van der Waals surface area contributed by atoms with E-state index >= 15 is 0 Å². The van der Waals surface area contributed by atoms with Crippen molar-refractivity contribution >= 4 is 16.5 Å². The van der Waals surface area contributed by atoms with E-state index in [4.69, 9.17) is 0 Å². The first-order chi connectivity index (χ1) is 9.31. The average Bonchev–Trinajstić information content (AvgIpc) is 2.45. The zero-order valence-corrected chi connectivity index (χ0v) is 11.4. The maximum atomic E-state index is 3.55. The van der Waals surface area contributed by atoms with Crippen LogP contribution in [0.3, 0.4) is 0 Å². The molecular formula is C16H21N3. The van der Waals surface area contributed by atoms with Crippen molar-refractivity contribution in [1.29, 1.82) is 0 Å². The topological polar surface area (TPSA) is 27.3 Å². The van der Waals surface area contributed by atoms with Gasteiger partial charge < -0.3 is 15.5 Å². The van der Waals surface area contributed by atoms with Crippen molar-refractivity contribution in [2.75, 3.05) is 38.5 Å². The van der Waals surface area contributed by atoms with Crippen LogP contribution < -0.4 is 10.6 Å². The van der Waals surface area contributed by atoms with Gasteiger partial charge in [0, 0.05) is 37.9 Å². The highest BCUT2D eigenvalue weighted by atomic mass is 15.2. The van der Waals surface area contributed by atoms with Crippen LogP contribution in [0.25, 0.3) is 10.8 Å². The largest absolute Gasteiger partial charge is 0.383 e. The molecule has 0 radical (unpaired) electrons. The second-order valence-corrected chi connectivity index (χ2v) is 5.36. The van der Waals surface area contributed by atoms with E-state index in [1.54, 1.807) is 0 Å². The Kier molecular flexibility index (Phi) is 3.67. The molecule has 2 N–H and O–H groups in total. The molecule has 1 saturated heterocycles. The Bertz CT molecular complexity index is 552. The first-order valence-corrected chi connectivity index (χ1v) is 6.96. The number of rotatable bonds is 3. The quantitative estimate of drug-likeness (QED) is 0.880. The summed E-state index contributed by atoms with van der Waals surface area (Å²) in [6.45, 7) is 4.32. The second-order valence-electron chi connectivity index (χ2n) is 5.36. The first-order valence-electron chi connectivity index (χ1n) is 6.96. The van der Waals surface area contributed by atoms with Crippen LogP contribution >= 0.6 is 0 Å². The van der Waals surface area contributed by atoms with Crippen molar-refractivity contribution in [3.8, 4) is 0 Å². The molecule has 0 amide bonds. The molecule has 3 heteroatoms. The summed E-state index contributed by atoms with van der Waals surface area (Å²) in [4.78, 5) is 2.38. The van der Waals surface area contributed by atoms with Crippen LogP contribution in [-0.2, 0) is 0 Å². The Hall–Kier alpha value is -1.58. The number of likely N-dealkylation sites (N-methyl/N-ethyl adjacent to an activating group) is 1. The molecule has 0 aromatic heterocycles. The molecule has 2 aromatic carbocycles. The van der Waals surface area contributed by atoms with E-state index < -0.39 is 0 Å². The highest BCUT2D eigenvalue weighted by Crippen LogP contribution is 2.18. The van der Waals surface area contributed by atoms with E-state index in [9.17, 15) is 0 Å². The molecule has 1 fully saturated rings. The van der Waals surface area contributed by atoms with Crippen LogP contribution in [0.15, 0.2) is 42.5 Å². The minimum atomic E-state index is 0.533. The summed E-state index contributed by atoms with van der Waals surface area (Å²) in [7, 11) is 2.18. The van der Waals surface area contributed by atoms with E-state index in [1.165, 1.54) is 16.5 Å². The van der Waals surface area contributed by atoms with Gasteiger partial charge in [0.2, 0.25) is 0 Å². The lowest BCUT2D eigenvalue weighted by Gasteiger charge is -2.31. The van der Waals surface area contributed by atoms with Crippen LogP contribution in [0.4, 0.5) is 5.69 Å². The fourth-order valence-electron chi connectivity index (χ4n) is 2.67. The predicted molar refractivity (Wildman–Crippen MR) is 81.7 cm³/mol. The van der Waals surface area contributed by atoms with Gasteiger partial charge in [-0.3, -0.25) is 0 Å². The summed E-state index contributed by atoms with van der Waals surface area (Å²) in [6.07, 6.45) is 0. The summed E-state index contributed by atoms with van der Waals surface area (Å²) >= 11 is 0. The number of anilines is 1. The average molecular weight is 255 g/mol. The number of piperazine rings is 1. The molecule has 3 nitrogen and oxygen atoms in total. The number of hydrogen-bond donors (Lipinski definition) is 2. The summed E-state index contributed by atoms with van der Waals surface area (Å²) in [5.74, 6) is 0. The minimum Gasteiger partial charge on any atom is -0.383 e. The van der Waals surface area contributed by atoms with E-state index in [0.717, 1.165) is 26.2 Å². The zero-order chi connectivity index (χ0) is 13.1. The molecule has 0 saturated carbocycles. The van der Waals surface area contributed by atoms with E-state index in [-0.39, 0.29) is 0 Å². The predicted octanol–water partition coefficient (Wildman–Crippen LogP) is 2.16. The van der Waals surface area contributed by atoms with E-state index in [2.05, 4.69) is 65.0 Å². The van der Waals surface area contributed by atoms with Gasteiger partial charge in [0.25, 0.3) is 0 Å². The Labute approximate surface area is 114 Å². The third kappa shape index (κ3) is 3.06. The molecule has 0 spiro atoms. The summed E-state index contributed by atoms with van der Waals surface area (Å²) in [5, 5.41) is 9.68. The third-order valence-corrected chi connectivity index (χ3v) is 3.76. The van der Waals surface area contributed by atoms with Gasteiger partial charge in [-0.2, -0.15) is 0 Å². The molecule has 1 aliphatic rings. The zero-order valence-electron chi connectivity index (χ0n) is 11.4. The highest BCUT2D eigenvalue weighted by molar-refractivity contribution is 5.85. The Morgan fingerprint density at radius 2 is 2.05 bits per heavy atom. The fourth-order valence-corrected chi connectivity index (χ4v) is 2.67. The van der Waals surface area contributed by atoms with Crippen LogP contribution in [-0.4, -0.2) is 44.2 Å². The molecule has 0 aliphatic carbocycles. The second kappa shape index (κ2) is 5.59. The van der Waals surface area contributed by atoms with Gasteiger partial charge in [-0.25, -0.2) is 0 Å². The fraction of sp³-hybridized carbons (Fsp3) is 0.375. The SMILES string of the molecule is CN1CCNC(CNc2ccc3ccccc3c2)C1. The molecule has 2 aromatic rings. The van der Waals surface area contributed by atoms with Gasteiger partial charge >= 0.3 is 0 Å². The van der Waals surface area contributed by atoms with Crippen molar-refractivity contribution in [2.24, 2.45) is 0 Å². The maximum Gasteiger partial charge on any atom is 0.0369 e. The van der Waals surface area contributed by atoms with Gasteiger partial charge in [-0.05, 0) is 30.0 Å². The van der Waals surface area contributed by atoms with Crippen molar-refractivity contribution in [3.63, 3.8) is 0 Å². The van der Waals surface area contributed by atoms with Crippen LogP contribution in [0.5, 0.6) is 0 Å². The smallest absolute Gasteiger partial charge is 0.0369 e. The third-order valence-electron chi connectivity index (χ3n) is 3.76. The molecular weight excluding hydrogens is 234 g/mol. The van der Waals surface area contributed by atoms with Crippen LogP contribution in [0, 0.1) is 0 Å². The molecule has 100 valence electrons. The molecule has 1 atom stereocenters. The molecule has 1 unspecified atom stereocenters. The number of nitrogens with one attached hydrogen (secondary N) is 2. The number of fused-ring (bicyclic) bond motifs is 1. The first kappa shape index (κ1) is 12.5. The van der Waals surface area contributed by atoms with Crippen LogP contribution in [0.1, 0.15) is 0 Å². The van der Waals surface area contributed by atoms with Crippen molar-refractivity contribution in [2.45, 2.75) is 6.04 Å². The van der Waals surface area contributed by atoms with Crippen molar-refractivity contribution < 1.29 is 0 Å². The van der Waals surface area contributed by atoms with Crippen molar-refractivity contribution in [3.05, 3.63) is 42.5 Å². The maximum absolute atomic E-state index is 3.55. The lowest BCUT2D eigenvalue weighted by molar-refractivity contribution is 0.244. The van der Waals surface area contributed by atoms with Gasteiger partial charge in [0.05, 0.1) is 0 Å². The normalized spacial score (nSPS) is 20.6. The molecule has 3 rings (SSSR count). The number of nitrogens with zero attached hydrogens (tertiary/aromatic N) is 1. The molecule has 1 heterocycles. The number of benzene rings is 2. The molecule has 19 heavy (non-hydrogen) atoms. The van der Waals surface area contributed by atoms with E-state index in [0.29, 0.717) is 6.04 Å². The standard InChI is InChI=1S/C16H21N3/c1-19-9-8-17-16(12-19)11-18-15-7-6-13-4-2-3-5-14(13)10-15/h2-7,10,16-18H,8-9,11-12H2,1H3.